The Kier molecular flexibility index (Phi) is 9.15. The van der Waals surface area contributed by atoms with E-state index in [-0.39, 0.29) is 6.10 Å². The summed E-state index contributed by atoms with van der Waals surface area (Å²) in [5.41, 5.74) is 0.943. The van der Waals surface area contributed by atoms with Crippen LogP contribution in [0, 0.1) is 0 Å². The van der Waals surface area contributed by atoms with Crippen molar-refractivity contribution in [2.24, 2.45) is 12.0 Å². The van der Waals surface area contributed by atoms with E-state index in [1.54, 1.807) is 6.33 Å². The molecule has 1 aliphatic carbocycles. The molecule has 1 fully saturated rings. The van der Waals surface area contributed by atoms with E-state index in [0.29, 0.717) is 18.6 Å². The zero-order chi connectivity index (χ0) is 21.9. The van der Waals surface area contributed by atoms with E-state index in [0.717, 1.165) is 36.8 Å². The van der Waals surface area contributed by atoms with Crippen LogP contribution in [0.5, 0.6) is 5.75 Å². The minimum Gasteiger partial charge on any atom is -0.491 e. The number of benzene rings is 1. The molecule has 8 heteroatoms. The first-order chi connectivity index (χ1) is 15.1. The highest BCUT2D eigenvalue weighted by atomic mass is 16.5. The smallest absolute Gasteiger partial charge is 0.196 e. The molecule has 1 aromatic carbocycles. The van der Waals surface area contributed by atoms with E-state index in [1.807, 2.05) is 49.7 Å². The number of nitrogens with one attached hydrogen (secondary N) is 2. The van der Waals surface area contributed by atoms with Crippen molar-refractivity contribution in [1.82, 2.24) is 20.1 Å². The van der Waals surface area contributed by atoms with Crippen molar-refractivity contribution in [2.45, 2.75) is 71.1 Å². The molecule has 0 spiro atoms. The minimum atomic E-state index is 0.153. The summed E-state index contributed by atoms with van der Waals surface area (Å²) in [7, 11) is 1.92. The third-order valence-electron chi connectivity index (χ3n) is 5.19. The molecule has 31 heavy (non-hydrogen) atoms. The topological polar surface area (TPSA) is 85.6 Å². The van der Waals surface area contributed by atoms with Gasteiger partial charge in [0.25, 0.3) is 0 Å². The lowest BCUT2D eigenvalue weighted by atomic mass is 9.98. The van der Waals surface area contributed by atoms with E-state index >= 15 is 0 Å². The molecular weight excluding hydrogens is 392 g/mol. The lowest BCUT2D eigenvalue weighted by Gasteiger charge is -2.22. The second-order valence-electron chi connectivity index (χ2n) is 8.25. The average molecular weight is 429 g/mol. The van der Waals surface area contributed by atoms with Crippen LogP contribution in [0.25, 0.3) is 0 Å². The number of aromatic nitrogens is 3. The van der Waals surface area contributed by atoms with E-state index in [4.69, 9.17) is 9.47 Å². The van der Waals surface area contributed by atoms with Crippen LogP contribution in [0.3, 0.4) is 0 Å². The monoisotopic (exact) mass is 428 g/mol. The fourth-order valence-corrected chi connectivity index (χ4v) is 3.53. The van der Waals surface area contributed by atoms with Crippen LogP contribution < -0.4 is 15.4 Å². The van der Waals surface area contributed by atoms with Crippen LogP contribution in [0.2, 0.25) is 0 Å². The van der Waals surface area contributed by atoms with Crippen LogP contribution >= 0.6 is 0 Å². The summed E-state index contributed by atoms with van der Waals surface area (Å²) in [6, 6.07) is 7.90. The molecule has 1 aromatic heterocycles. The van der Waals surface area contributed by atoms with Crippen LogP contribution in [-0.2, 0) is 18.3 Å². The molecule has 0 saturated heterocycles. The summed E-state index contributed by atoms with van der Waals surface area (Å²) in [6.07, 6.45) is 9.57. The van der Waals surface area contributed by atoms with E-state index in [1.165, 1.54) is 32.1 Å². The Bertz CT molecular complexity index is 797. The number of hydrogen-bond donors (Lipinski definition) is 2. The van der Waals surface area contributed by atoms with Gasteiger partial charge in [-0.15, -0.1) is 10.2 Å². The number of hydrogen-bond acceptors (Lipinski definition) is 5. The van der Waals surface area contributed by atoms with Gasteiger partial charge in [0.15, 0.2) is 11.8 Å². The largest absolute Gasteiger partial charge is 0.491 e. The molecule has 170 valence electrons. The predicted molar refractivity (Wildman–Crippen MR) is 123 cm³/mol. The van der Waals surface area contributed by atoms with Crippen LogP contribution in [-0.4, -0.2) is 46.1 Å². The maximum Gasteiger partial charge on any atom is 0.196 e. The number of rotatable bonds is 10. The van der Waals surface area contributed by atoms with Crippen molar-refractivity contribution in [3.05, 3.63) is 36.4 Å². The van der Waals surface area contributed by atoms with Crippen molar-refractivity contribution in [1.29, 1.82) is 0 Å². The molecular formula is C23H36N6O2. The van der Waals surface area contributed by atoms with Gasteiger partial charge in [0.2, 0.25) is 0 Å². The first-order valence-corrected chi connectivity index (χ1v) is 11.4. The van der Waals surface area contributed by atoms with Crippen molar-refractivity contribution in [3.63, 3.8) is 0 Å². The van der Waals surface area contributed by atoms with Gasteiger partial charge in [0, 0.05) is 25.9 Å². The molecule has 3 rings (SSSR count). The summed E-state index contributed by atoms with van der Waals surface area (Å²) in [6.45, 7) is 6.04. The number of guanidine groups is 1. The van der Waals surface area contributed by atoms with Crippen LogP contribution in [0.4, 0.5) is 5.69 Å². The average Bonchev–Trinajstić information content (AvgIpc) is 3.18. The minimum absolute atomic E-state index is 0.153. The number of ether oxygens (including phenoxy) is 2. The lowest BCUT2D eigenvalue weighted by molar-refractivity contribution is 0.0277. The molecule has 0 bridgehead atoms. The van der Waals surface area contributed by atoms with Crippen LogP contribution in [0.15, 0.2) is 35.6 Å². The van der Waals surface area contributed by atoms with E-state index in [9.17, 15) is 0 Å². The van der Waals surface area contributed by atoms with Crippen molar-refractivity contribution >= 4 is 11.6 Å². The van der Waals surface area contributed by atoms with Gasteiger partial charge in [0.1, 0.15) is 18.6 Å². The van der Waals surface area contributed by atoms with Gasteiger partial charge in [-0.05, 0) is 57.4 Å². The Morgan fingerprint density at radius 1 is 1.19 bits per heavy atom. The first-order valence-electron chi connectivity index (χ1n) is 11.4. The molecule has 1 heterocycles. The van der Waals surface area contributed by atoms with Gasteiger partial charge in [-0.25, -0.2) is 4.99 Å². The van der Waals surface area contributed by atoms with Gasteiger partial charge in [-0.1, -0.05) is 19.3 Å². The molecule has 0 amide bonds. The maximum atomic E-state index is 6.03. The Hall–Kier alpha value is -2.61. The Morgan fingerprint density at radius 3 is 2.65 bits per heavy atom. The summed E-state index contributed by atoms with van der Waals surface area (Å²) in [4.78, 5) is 4.68. The number of nitrogens with zero attached hydrogens (tertiary/aromatic N) is 4. The molecule has 0 aliphatic heterocycles. The highest BCUT2D eigenvalue weighted by Gasteiger charge is 2.13. The molecule has 1 saturated carbocycles. The third-order valence-corrected chi connectivity index (χ3v) is 5.19. The van der Waals surface area contributed by atoms with Crippen LogP contribution in [0.1, 0.15) is 58.2 Å². The van der Waals surface area contributed by atoms with Gasteiger partial charge in [0.05, 0.1) is 12.2 Å². The first kappa shape index (κ1) is 23.1. The van der Waals surface area contributed by atoms with Gasteiger partial charge < -0.3 is 24.7 Å². The summed E-state index contributed by atoms with van der Waals surface area (Å²) < 4.78 is 13.6. The molecule has 1 aliphatic rings. The normalized spacial score (nSPS) is 15.3. The van der Waals surface area contributed by atoms with Gasteiger partial charge >= 0.3 is 0 Å². The third kappa shape index (κ3) is 8.20. The predicted octanol–water partition coefficient (Wildman–Crippen LogP) is 3.90. The SMILES string of the molecule is CC(C)Oc1ccc(NC(=NCc2nncn2C)NCCCOC2CCCCC2)cc1. The fraction of sp³-hybridized carbons (Fsp3) is 0.609. The standard InChI is InChI=1S/C23H36N6O2/c1-18(2)31-21-12-10-19(11-13-21)27-23(25-16-22-28-26-17-29(22)3)24-14-7-15-30-20-8-5-4-6-9-20/h10-13,17-18,20H,4-9,14-16H2,1-3H3,(H2,24,25,27). The molecule has 8 nitrogen and oxygen atoms in total. The maximum absolute atomic E-state index is 6.03. The molecule has 2 aromatic rings. The second-order valence-corrected chi connectivity index (χ2v) is 8.25. The van der Waals surface area contributed by atoms with Crippen molar-refractivity contribution in [2.75, 3.05) is 18.5 Å². The van der Waals surface area contributed by atoms with E-state index in [2.05, 4.69) is 25.8 Å². The summed E-state index contributed by atoms with van der Waals surface area (Å²) in [5.74, 6) is 2.37. The highest BCUT2D eigenvalue weighted by Crippen LogP contribution is 2.20. The Morgan fingerprint density at radius 2 is 1.97 bits per heavy atom. The van der Waals surface area contributed by atoms with E-state index < -0.39 is 0 Å². The zero-order valence-corrected chi connectivity index (χ0v) is 19.0. The van der Waals surface area contributed by atoms with Gasteiger partial charge in [-0.2, -0.15) is 0 Å². The molecule has 0 atom stereocenters. The Balaban J connectivity index is 1.52. The number of anilines is 1. The van der Waals surface area contributed by atoms with Crippen molar-refractivity contribution in [3.8, 4) is 5.75 Å². The van der Waals surface area contributed by atoms with Gasteiger partial charge in [-0.3, -0.25) is 0 Å². The lowest BCUT2D eigenvalue weighted by Crippen LogP contribution is -2.32. The molecule has 0 radical (unpaired) electrons. The molecule has 0 unspecified atom stereocenters. The second kappa shape index (κ2) is 12.3. The quantitative estimate of drug-likeness (QED) is 0.339. The number of aliphatic imine (C=N–C) groups is 1. The summed E-state index contributed by atoms with van der Waals surface area (Å²) >= 11 is 0. The summed E-state index contributed by atoms with van der Waals surface area (Å²) in [5, 5.41) is 14.8. The fourth-order valence-electron chi connectivity index (χ4n) is 3.53. The number of aryl methyl sites for hydroxylation is 1. The zero-order valence-electron chi connectivity index (χ0n) is 19.0. The Labute approximate surface area is 185 Å². The molecule has 2 N–H and O–H groups in total. The highest BCUT2D eigenvalue weighted by molar-refractivity contribution is 5.93. The van der Waals surface area contributed by atoms with Crippen molar-refractivity contribution < 1.29 is 9.47 Å².